The highest BCUT2D eigenvalue weighted by atomic mass is 16.2. The highest BCUT2D eigenvalue weighted by molar-refractivity contribution is 5.82. The molecule has 2 heterocycles. The number of amides is 1. The van der Waals surface area contributed by atoms with Gasteiger partial charge in [0.2, 0.25) is 5.91 Å². The number of nitrogens with one attached hydrogen (secondary N) is 2. The number of nitrogens with zero attached hydrogens (tertiary/aromatic N) is 2. The average Bonchev–Trinajstić information content (AvgIpc) is 3.07. The van der Waals surface area contributed by atoms with Crippen LogP contribution in [0.3, 0.4) is 0 Å². The summed E-state index contributed by atoms with van der Waals surface area (Å²) in [6.07, 6.45) is 2.03. The van der Waals surface area contributed by atoms with Crippen LogP contribution in [0.25, 0.3) is 11.0 Å². The fourth-order valence-corrected chi connectivity index (χ4v) is 2.80. The first-order valence-electron chi connectivity index (χ1n) is 7.18. The first-order chi connectivity index (χ1) is 9.75. The van der Waals surface area contributed by atoms with E-state index in [-0.39, 0.29) is 11.9 Å². The minimum atomic E-state index is -0.00405. The van der Waals surface area contributed by atoms with Gasteiger partial charge >= 0.3 is 0 Å². The number of hydrogen-bond donors (Lipinski definition) is 2. The van der Waals surface area contributed by atoms with Crippen molar-refractivity contribution in [3.63, 3.8) is 0 Å². The number of carbonyl (C=O) groups excluding carboxylic acids is 1. The summed E-state index contributed by atoms with van der Waals surface area (Å²) in [7, 11) is 0. The molecule has 20 heavy (non-hydrogen) atoms. The number of rotatable bonds is 4. The van der Waals surface area contributed by atoms with E-state index >= 15 is 0 Å². The van der Waals surface area contributed by atoms with Gasteiger partial charge in [0.15, 0.2) is 0 Å². The van der Waals surface area contributed by atoms with Gasteiger partial charge in [-0.15, -0.1) is 0 Å². The van der Waals surface area contributed by atoms with E-state index in [1.165, 1.54) is 0 Å². The van der Waals surface area contributed by atoms with Gasteiger partial charge in [0.1, 0.15) is 5.82 Å². The van der Waals surface area contributed by atoms with E-state index < -0.39 is 0 Å². The van der Waals surface area contributed by atoms with Gasteiger partial charge < -0.3 is 15.2 Å². The third-order valence-electron chi connectivity index (χ3n) is 3.86. The molecule has 106 valence electrons. The molecule has 1 atom stereocenters. The Balaban J connectivity index is 1.62. The molecule has 2 aromatic rings. The lowest BCUT2D eigenvalue weighted by atomic mass is 10.2. The Kier molecular flexibility index (Phi) is 3.69. The van der Waals surface area contributed by atoms with Crippen LogP contribution in [0.4, 0.5) is 0 Å². The lowest BCUT2D eigenvalue weighted by Crippen LogP contribution is -2.41. The van der Waals surface area contributed by atoms with Crippen LogP contribution >= 0.6 is 0 Å². The Morgan fingerprint density at radius 2 is 2.35 bits per heavy atom. The average molecular weight is 272 g/mol. The van der Waals surface area contributed by atoms with Crippen molar-refractivity contribution in [1.82, 2.24) is 20.2 Å². The van der Waals surface area contributed by atoms with Crippen LogP contribution in [0, 0.1) is 6.92 Å². The third-order valence-corrected chi connectivity index (χ3v) is 3.86. The van der Waals surface area contributed by atoms with Crippen molar-refractivity contribution < 1.29 is 4.79 Å². The molecule has 0 bridgehead atoms. The number of carbonyl (C=O) groups is 1. The molecular weight excluding hydrogens is 252 g/mol. The van der Waals surface area contributed by atoms with Crippen molar-refractivity contribution >= 4 is 16.9 Å². The monoisotopic (exact) mass is 272 g/mol. The van der Waals surface area contributed by atoms with Gasteiger partial charge in [-0.05, 0) is 38.4 Å². The molecule has 0 saturated carbocycles. The molecule has 0 unspecified atom stereocenters. The molecule has 0 aliphatic carbocycles. The smallest absolute Gasteiger partial charge is 0.237 e. The zero-order valence-corrected chi connectivity index (χ0v) is 11.7. The lowest BCUT2D eigenvalue weighted by molar-refractivity contribution is -0.122. The van der Waals surface area contributed by atoms with Crippen molar-refractivity contribution in [2.24, 2.45) is 0 Å². The van der Waals surface area contributed by atoms with Gasteiger partial charge in [0.25, 0.3) is 0 Å². The summed E-state index contributed by atoms with van der Waals surface area (Å²) in [5.74, 6) is 1.10. The largest absolute Gasteiger partial charge is 0.353 e. The molecule has 1 aliphatic rings. The Hall–Kier alpha value is -1.88. The molecule has 2 N–H and O–H groups in total. The Labute approximate surface area is 118 Å². The number of hydrogen-bond acceptors (Lipinski definition) is 3. The zero-order chi connectivity index (χ0) is 13.9. The second-order valence-corrected chi connectivity index (χ2v) is 5.24. The van der Waals surface area contributed by atoms with Gasteiger partial charge in [-0.25, -0.2) is 4.98 Å². The molecule has 1 amide bonds. The standard InChI is InChI=1S/C15H20N4O/c1-11-18-12-5-2-3-7-14(12)19(11)10-9-17-15(20)13-6-4-8-16-13/h2-3,5,7,13,16H,4,6,8-10H2,1H3,(H,17,20)/t13-/m1/s1. The molecule has 1 aliphatic heterocycles. The van der Waals surface area contributed by atoms with Crippen molar-refractivity contribution in [3.05, 3.63) is 30.1 Å². The van der Waals surface area contributed by atoms with E-state index in [0.29, 0.717) is 6.54 Å². The Morgan fingerprint density at radius 3 is 3.15 bits per heavy atom. The zero-order valence-electron chi connectivity index (χ0n) is 11.7. The summed E-state index contributed by atoms with van der Waals surface area (Å²) in [6.45, 7) is 4.34. The van der Waals surface area contributed by atoms with Crippen LogP contribution in [-0.2, 0) is 11.3 Å². The minimum absolute atomic E-state index is 0.00405. The van der Waals surface area contributed by atoms with E-state index in [0.717, 1.165) is 42.8 Å². The number of aromatic nitrogens is 2. The quantitative estimate of drug-likeness (QED) is 0.879. The Morgan fingerprint density at radius 1 is 1.50 bits per heavy atom. The summed E-state index contributed by atoms with van der Waals surface area (Å²) in [4.78, 5) is 16.5. The number of para-hydroxylation sites is 2. The van der Waals surface area contributed by atoms with Crippen LogP contribution in [0.15, 0.2) is 24.3 Å². The maximum absolute atomic E-state index is 11.9. The SMILES string of the molecule is Cc1nc2ccccc2n1CCNC(=O)[C@H]1CCCN1. The van der Waals surface area contributed by atoms with Crippen molar-refractivity contribution in [2.45, 2.75) is 32.4 Å². The molecule has 1 aromatic heterocycles. The molecule has 1 saturated heterocycles. The van der Waals surface area contributed by atoms with Gasteiger partial charge in [-0.3, -0.25) is 4.79 Å². The summed E-state index contributed by atoms with van der Waals surface area (Å²) in [5, 5.41) is 6.21. The molecule has 0 spiro atoms. The van der Waals surface area contributed by atoms with Crippen LogP contribution < -0.4 is 10.6 Å². The number of fused-ring (bicyclic) bond motifs is 1. The molecule has 5 heteroatoms. The minimum Gasteiger partial charge on any atom is -0.353 e. The second-order valence-electron chi connectivity index (χ2n) is 5.24. The molecule has 1 fully saturated rings. The number of aryl methyl sites for hydroxylation is 1. The predicted molar refractivity (Wildman–Crippen MR) is 78.5 cm³/mol. The highest BCUT2D eigenvalue weighted by Gasteiger charge is 2.21. The summed E-state index contributed by atoms with van der Waals surface area (Å²) >= 11 is 0. The predicted octanol–water partition coefficient (Wildman–Crippen LogP) is 1.21. The molecule has 3 rings (SSSR count). The van der Waals surface area contributed by atoms with Gasteiger partial charge in [-0.1, -0.05) is 12.1 Å². The summed E-state index contributed by atoms with van der Waals surface area (Å²) in [6, 6.07) is 8.08. The van der Waals surface area contributed by atoms with Crippen LogP contribution in [0.2, 0.25) is 0 Å². The third kappa shape index (κ3) is 2.54. The van der Waals surface area contributed by atoms with E-state index in [1.54, 1.807) is 0 Å². The first-order valence-corrected chi connectivity index (χ1v) is 7.18. The van der Waals surface area contributed by atoms with Crippen molar-refractivity contribution in [1.29, 1.82) is 0 Å². The van der Waals surface area contributed by atoms with Gasteiger partial charge in [0.05, 0.1) is 17.1 Å². The maximum atomic E-state index is 11.9. The first kappa shape index (κ1) is 13.1. The molecule has 1 aromatic carbocycles. The van der Waals surface area contributed by atoms with E-state index in [1.807, 2.05) is 25.1 Å². The van der Waals surface area contributed by atoms with Crippen LogP contribution in [0.5, 0.6) is 0 Å². The second kappa shape index (κ2) is 5.63. The van der Waals surface area contributed by atoms with Crippen LogP contribution in [-0.4, -0.2) is 34.6 Å². The van der Waals surface area contributed by atoms with Crippen molar-refractivity contribution in [3.8, 4) is 0 Å². The fourth-order valence-electron chi connectivity index (χ4n) is 2.80. The summed E-state index contributed by atoms with van der Waals surface area (Å²) in [5.41, 5.74) is 2.13. The lowest BCUT2D eigenvalue weighted by Gasteiger charge is -2.12. The topological polar surface area (TPSA) is 59.0 Å². The highest BCUT2D eigenvalue weighted by Crippen LogP contribution is 2.14. The van der Waals surface area contributed by atoms with Crippen molar-refractivity contribution in [2.75, 3.05) is 13.1 Å². The normalized spacial score (nSPS) is 18.6. The molecular formula is C15H20N4O. The summed E-state index contributed by atoms with van der Waals surface area (Å²) < 4.78 is 2.15. The van der Waals surface area contributed by atoms with E-state index in [9.17, 15) is 4.79 Å². The maximum Gasteiger partial charge on any atom is 0.237 e. The number of imidazole rings is 1. The number of benzene rings is 1. The Bertz CT molecular complexity index is 613. The molecule has 0 radical (unpaired) electrons. The molecule has 5 nitrogen and oxygen atoms in total. The van der Waals surface area contributed by atoms with Gasteiger partial charge in [0, 0.05) is 13.1 Å². The van der Waals surface area contributed by atoms with Crippen LogP contribution in [0.1, 0.15) is 18.7 Å². The van der Waals surface area contributed by atoms with Gasteiger partial charge in [-0.2, -0.15) is 0 Å². The van der Waals surface area contributed by atoms with E-state index in [4.69, 9.17) is 0 Å². The van der Waals surface area contributed by atoms with E-state index in [2.05, 4.69) is 26.3 Å². The fraction of sp³-hybridized carbons (Fsp3) is 0.467.